The van der Waals surface area contributed by atoms with Gasteiger partial charge in [-0.25, -0.2) is 4.79 Å². The number of anilines is 1. The molecule has 3 rings (SSSR count). The zero-order valence-corrected chi connectivity index (χ0v) is 18.4. The van der Waals surface area contributed by atoms with Crippen molar-refractivity contribution in [3.05, 3.63) is 51.5 Å². The van der Waals surface area contributed by atoms with Gasteiger partial charge in [0.1, 0.15) is 5.60 Å². The van der Waals surface area contributed by atoms with Crippen LogP contribution in [0.4, 0.5) is 10.5 Å². The van der Waals surface area contributed by atoms with Gasteiger partial charge in [0.15, 0.2) is 5.75 Å². The predicted molar refractivity (Wildman–Crippen MR) is 116 cm³/mol. The molecule has 0 aromatic heterocycles. The lowest BCUT2D eigenvalue weighted by Gasteiger charge is -2.34. The third-order valence-electron chi connectivity index (χ3n) is 4.44. The molecule has 0 spiro atoms. The fraction of sp³-hybridized carbons (Fsp3) is 0.381. The van der Waals surface area contributed by atoms with Crippen LogP contribution in [0.2, 0.25) is 10.0 Å². The van der Waals surface area contributed by atoms with Crippen LogP contribution in [0.25, 0.3) is 0 Å². The summed E-state index contributed by atoms with van der Waals surface area (Å²) < 4.78 is 11.2. The van der Waals surface area contributed by atoms with E-state index in [0.717, 1.165) is 18.6 Å². The number of amides is 1. The molecular formula is C21H23Cl2NO3S. The minimum absolute atomic E-state index is 0.371. The van der Waals surface area contributed by atoms with E-state index in [1.807, 2.05) is 11.8 Å². The normalized spacial score (nSPS) is 14.8. The molecule has 1 aliphatic heterocycles. The molecule has 1 N–H and O–H groups in total. The van der Waals surface area contributed by atoms with Crippen molar-refractivity contribution in [3.8, 4) is 5.75 Å². The van der Waals surface area contributed by atoms with Gasteiger partial charge in [0, 0.05) is 10.5 Å². The van der Waals surface area contributed by atoms with Crippen molar-refractivity contribution in [2.75, 3.05) is 17.7 Å². The fourth-order valence-electron chi connectivity index (χ4n) is 3.04. The number of unbranched alkanes of at least 4 members (excludes halogenated alkanes) is 1. The smallest absolute Gasteiger partial charge is 0.412 e. The number of hydrogen-bond acceptors (Lipinski definition) is 4. The molecule has 1 amide bonds. The van der Waals surface area contributed by atoms with E-state index in [0.29, 0.717) is 33.7 Å². The van der Waals surface area contributed by atoms with Crippen LogP contribution in [-0.4, -0.2) is 18.5 Å². The highest BCUT2D eigenvalue weighted by molar-refractivity contribution is 7.99. The number of halogens is 2. The Kier molecular flexibility index (Phi) is 6.69. The van der Waals surface area contributed by atoms with E-state index in [9.17, 15) is 4.79 Å². The Morgan fingerprint density at radius 3 is 2.61 bits per heavy atom. The van der Waals surface area contributed by atoms with Gasteiger partial charge >= 0.3 is 6.09 Å². The molecule has 1 aliphatic rings. The van der Waals surface area contributed by atoms with Crippen LogP contribution in [0, 0.1) is 6.92 Å². The molecule has 0 unspecified atom stereocenters. The number of fused-ring (bicyclic) bond motifs is 1. The number of nitrogens with one attached hydrogen (secondary N) is 1. The van der Waals surface area contributed by atoms with Crippen LogP contribution in [0.3, 0.4) is 0 Å². The Labute approximate surface area is 179 Å². The maximum Gasteiger partial charge on any atom is 0.412 e. The summed E-state index contributed by atoms with van der Waals surface area (Å²) in [4.78, 5) is 13.0. The molecule has 0 fully saturated rings. The number of benzene rings is 2. The maximum atomic E-state index is 11.7. The molecule has 0 radical (unpaired) electrons. The molecule has 28 heavy (non-hydrogen) atoms. The van der Waals surface area contributed by atoms with Crippen molar-refractivity contribution < 1.29 is 14.3 Å². The molecular weight excluding hydrogens is 417 g/mol. The third-order valence-corrected chi connectivity index (χ3v) is 6.18. The molecule has 0 aliphatic carbocycles. The molecule has 7 heteroatoms. The Morgan fingerprint density at radius 1 is 1.18 bits per heavy atom. The highest BCUT2D eigenvalue weighted by Crippen LogP contribution is 2.47. The fourth-order valence-corrected chi connectivity index (χ4v) is 4.75. The van der Waals surface area contributed by atoms with E-state index in [1.54, 1.807) is 19.9 Å². The van der Waals surface area contributed by atoms with E-state index in [1.165, 1.54) is 10.5 Å². The van der Waals surface area contributed by atoms with Gasteiger partial charge in [0.25, 0.3) is 0 Å². The van der Waals surface area contributed by atoms with Crippen molar-refractivity contribution in [3.63, 3.8) is 0 Å². The largest absolute Gasteiger partial charge is 0.490 e. The van der Waals surface area contributed by atoms with E-state index >= 15 is 0 Å². The molecule has 0 saturated carbocycles. The third kappa shape index (κ3) is 4.88. The summed E-state index contributed by atoms with van der Waals surface area (Å²) in [6.45, 7) is 6.18. The topological polar surface area (TPSA) is 47.6 Å². The summed E-state index contributed by atoms with van der Waals surface area (Å²) in [5.41, 5.74) is 1.63. The van der Waals surface area contributed by atoms with Gasteiger partial charge in [-0.05, 0) is 57.6 Å². The van der Waals surface area contributed by atoms with E-state index in [-0.39, 0.29) is 0 Å². The zero-order valence-electron chi connectivity index (χ0n) is 16.1. The number of ether oxygens (including phenoxy) is 2. The van der Waals surface area contributed by atoms with Crippen molar-refractivity contribution in [1.82, 2.24) is 0 Å². The lowest BCUT2D eigenvalue weighted by Crippen LogP contribution is -2.35. The second-order valence-electron chi connectivity index (χ2n) is 7.17. The average Bonchev–Trinajstić information content (AvgIpc) is 2.60. The van der Waals surface area contributed by atoms with Crippen molar-refractivity contribution in [1.29, 1.82) is 0 Å². The number of hydrogen-bond donors (Lipinski definition) is 1. The Morgan fingerprint density at radius 2 is 1.89 bits per heavy atom. The molecule has 150 valence electrons. The summed E-state index contributed by atoms with van der Waals surface area (Å²) in [6, 6.07) is 10.2. The van der Waals surface area contributed by atoms with Gasteiger partial charge in [-0.1, -0.05) is 40.9 Å². The molecule has 2 aromatic rings. The molecule has 0 atom stereocenters. The molecule has 0 saturated heterocycles. The SMILES string of the molecule is Cc1ccc(SCCCCOc2c(Cl)cc3c(c2Cl)C(C)(C)OC(=O)N3)cc1. The lowest BCUT2D eigenvalue weighted by atomic mass is 9.94. The number of rotatable bonds is 7. The minimum Gasteiger partial charge on any atom is -0.490 e. The number of cyclic esters (lactones) is 1. The number of carbonyl (C=O) groups is 1. The first-order chi connectivity index (χ1) is 13.3. The summed E-state index contributed by atoms with van der Waals surface area (Å²) >= 11 is 14.7. The van der Waals surface area contributed by atoms with Crippen LogP contribution in [0.1, 0.15) is 37.8 Å². The number of carbonyl (C=O) groups excluding carboxylic acids is 1. The van der Waals surface area contributed by atoms with E-state index in [2.05, 4.69) is 36.5 Å². The maximum absolute atomic E-state index is 11.7. The first-order valence-electron chi connectivity index (χ1n) is 9.12. The quantitative estimate of drug-likeness (QED) is 0.370. The predicted octanol–water partition coefficient (Wildman–Crippen LogP) is 7.05. The van der Waals surface area contributed by atoms with E-state index in [4.69, 9.17) is 32.7 Å². The Bertz CT molecular complexity index is 869. The molecule has 1 heterocycles. The summed E-state index contributed by atoms with van der Waals surface area (Å²) in [5, 5.41) is 3.39. The second-order valence-corrected chi connectivity index (χ2v) is 9.12. The first-order valence-corrected chi connectivity index (χ1v) is 10.9. The van der Waals surface area contributed by atoms with Crippen molar-refractivity contribution in [2.24, 2.45) is 0 Å². The lowest BCUT2D eigenvalue weighted by molar-refractivity contribution is 0.0419. The number of aryl methyl sites for hydroxylation is 1. The van der Waals surface area contributed by atoms with Crippen LogP contribution >= 0.6 is 35.0 Å². The van der Waals surface area contributed by atoms with Gasteiger partial charge in [0.05, 0.1) is 22.3 Å². The van der Waals surface area contributed by atoms with Crippen LogP contribution < -0.4 is 10.1 Å². The average molecular weight is 440 g/mol. The second kappa shape index (κ2) is 8.85. The minimum atomic E-state index is -0.859. The van der Waals surface area contributed by atoms with Gasteiger partial charge in [-0.15, -0.1) is 11.8 Å². The summed E-state index contributed by atoms with van der Waals surface area (Å²) in [5.74, 6) is 1.45. The van der Waals surface area contributed by atoms with Gasteiger partial charge in [0.2, 0.25) is 0 Å². The molecule has 0 bridgehead atoms. The summed E-state index contributed by atoms with van der Waals surface area (Å²) in [7, 11) is 0. The van der Waals surface area contributed by atoms with Gasteiger partial charge < -0.3 is 9.47 Å². The monoisotopic (exact) mass is 439 g/mol. The standard InChI is InChI=1S/C21H23Cl2NO3S/c1-13-6-8-14(9-7-13)28-11-5-4-10-26-19-15(22)12-16-17(18(19)23)21(2,3)27-20(25)24-16/h6-9,12H,4-5,10-11H2,1-3H3,(H,24,25). The summed E-state index contributed by atoms with van der Waals surface area (Å²) in [6.07, 6.45) is 1.38. The van der Waals surface area contributed by atoms with Crippen LogP contribution in [0.15, 0.2) is 35.2 Å². The first kappa shape index (κ1) is 21.2. The number of thioether (sulfide) groups is 1. The Hall–Kier alpha value is -1.56. The highest BCUT2D eigenvalue weighted by Gasteiger charge is 2.37. The van der Waals surface area contributed by atoms with E-state index < -0.39 is 11.7 Å². The van der Waals surface area contributed by atoms with Gasteiger partial charge in [-0.3, -0.25) is 5.32 Å². The molecule has 2 aromatic carbocycles. The van der Waals surface area contributed by atoms with Crippen LogP contribution in [0.5, 0.6) is 5.75 Å². The van der Waals surface area contributed by atoms with Gasteiger partial charge in [-0.2, -0.15) is 0 Å². The zero-order chi connectivity index (χ0) is 20.3. The van der Waals surface area contributed by atoms with Crippen molar-refractivity contribution in [2.45, 2.75) is 44.1 Å². The van der Waals surface area contributed by atoms with Crippen molar-refractivity contribution >= 4 is 46.7 Å². The van der Waals surface area contributed by atoms with Crippen LogP contribution in [-0.2, 0) is 10.3 Å². The molecule has 4 nitrogen and oxygen atoms in total. The Balaban J connectivity index is 1.56. The highest BCUT2D eigenvalue weighted by atomic mass is 35.5.